The molecule has 2 aromatic heterocycles. The van der Waals surface area contributed by atoms with Crippen LogP contribution in [0.3, 0.4) is 0 Å². The maximum absolute atomic E-state index is 11.4. The van der Waals surface area contributed by atoms with E-state index < -0.39 is 0 Å². The average molecular weight is 817 g/mol. The Bertz CT molecular complexity index is 2030. The molecule has 0 spiro atoms. The van der Waals surface area contributed by atoms with Crippen LogP contribution >= 0.6 is 0 Å². The Kier molecular flexibility index (Phi) is 16.6. The number of benzene rings is 4. The summed E-state index contributed by atoms with van der Waals surface area (Å²) >= 11 is 0. The standard InChI is InChI=1S/C48H56N4O8/c53-47-39(29-41(43-13-7-15-49-45(43)47)35-59-33-37-9-3-1-4-10-37)31-51-17-21-55-25-27-57-23-19-52(20-24-58-28-26-56-22-18-51)32-40-30-42(36-60-34-38-11-5-2-6-12-38)44-14-8-16-50-46(44)48(40)54/h1-16,29-30,53-54H,17-28,31-36H2. The Morgan fingerprint density at radius 2 is 0.833 bits per heavy atom. The van der Waals surface area contributed by atoms with Crippen LogP contribution in [0.4, 0.5) is 0 Å². The number of hydrogen-bond acceptors (Lipinski definition) is 12. The fraction of sp³-hybridized carbons (Fsp3) is 0.375. The third-order valence-electron chi connectivity index (χ3n) is 10.5. The van der Waals surface area contributed by atoms with E-state index in [1.807, 2.05) is 97.1 Å². The first-order valence-electron chi connectivity index (χ1n) is 20.8. The summed E-state index contributed by atoms with van der Waals surface area (Å²) in [5.41, 5.74) is 6.84. The van der Waals surface area contributed by atoms with Crippen molar-refractivity contribution >= 4 is 21.8 Å². The monoisotopic (exact) mass is 816 g/mol. The van der Waals surface area contributed by atoms with Crippen molar-refractivity contribution in [3.05, 3.63) is 143 Å². The first-order chi connectivity index (χ1) is 29.6. The van der Waals surface area contributed by atoms with Crippen LogP contribution in [0.25, 0.3) is 21.8 Å². The molecular formula is C48H56N4O8. The normalized spacial score (nSPS) is 16.1. The molecule has 0 radical (unpaired) electrons. The van der Waals surface area contributed by atoms with Gasteiger partial charge in [0.1, 0.15) is 22.5 Å². The van der Waals surface area contributed by atoms with Crippen molar-refractivity contribution in [2.45, 2.75) is 39.5 Å². The number of aromatic hydroxyl groups is 2. The Labute approximate surface area is 352 Å². The van der Waals surface area contributed by atoms with Crippen LogP contribution in [0.2, 0.25) is 0 Å². The van der Waals surface area contributed by atoms with E-state index in [9.17, 15) is 10.2 Å². The van der Waals surface area contributed by atoms with E-state index in [-0.39, 0.29) is 11.5 Å². The summed E-state index contributed by atoms with van der Waals surface area (Å²) in [7, 11) is 0. The van der Waals surface area contributed by atoms with Crippen LogP contribution < -0.4 is 0 Å². The molecule has 2 N–H and O–H groups in total. The molecule has 7 rings (SSSR count). The maximum Gasteiger partial charge on any atom is 0.146 e. The van der Waals surface area contributed by atoms with E-state index in [4.69, 9.17) is 28.4 Å². The number of aromatic nitrogens is 2. The molecule has 3 heterocycles. The summed E-state index contributed by atoms with van der Waals surface area (Å²) in [6, 6.07) is 32.0. The average Bonchev–Trinajstić information content (AvgIpc) is 3.28. The predicted molar refractivity (Wildman–Crippen MR) is 231 cm³/mol. The zero-order valence-electron chi connectivity index (χ0n) is 34.3. The molecule has 0 amide bonds. The number of hydrogen-bond donors (Lipinski definition) is 2. The number of phenols is 2. The third kappa shape index (κ3) is 12.5. The quantitative estimate of drug-likeness (QED) is 0.132. The second kappa shape index (κ2) is 23.1. The second-order valence-electron chi connectivity index (χ2n) is 14.8. The number of phenolic OH excluding ortho intramolecular Hbond substituents is 2. The molecule has 4 aromatic carbocycles. The highest BCUT2D eigenvalue weighted by molar-refractivity contribution is 5.89. The van der Waals surface area contributed by atoms with E-state index in [0.29, 0.717) is 130 Å². The zero-order chi connectivity index (χ0) is 41.2. The van der Waals surface area contributed by atoms with Crippen molar-refractivity contribution < 1.29 is 38.6 Å². The van der Waals surface area contributed by atoms with Gasteiger partial charge in [-0.15, -0.1) is 0 Å². The number of nitrogens with zero attached hydrogens (tertiary/aromatic N) is 4. The van der Waals surface area contributed by atoms with Crippen LogP contribution in [0.1, 0.15) is 33.4 Å². The molecule has 60 heavy (non-hydrogen) atoms. The van der Waals surface area contributed by atoms with E-state index in [0.717, 1.165) is 44.2 Å². The van der Waals surface area contributed by atoms with Gasteiger partial charge < -0.3 is 38.6 Å². The molecular weight excluding hydrogens is 761 g/mol. The lowest BCUT2D eigenvalue weighted by Gasteiger charge is -2.25. The fourth-order valence-corrected chi connectivity index (χ4v) is 7.35. The van der Waals surface area contributed by atoms with Crippen molar-refractivity contribution in [3.8, 4) is 11.5 Å². The van der Waals surface area contributed by atoms with Crippen LogP contribution in [0.15, 0.2) is 109 Å². The lowest BCUT2D eigenvalue weighted by Crippen LogP contribution is -2.33. The molecule has 0 aliphatic carbocycles. The van der Waals surface area contributed by atoms with Gasteiger partial charge in [-0.05, 0) is 46.5 Å². The first kappa shape index (κ1) is 43.1. The Morgan fingerprint density at radius 1 is 0.450 bits per heavy atom. The van der Waals surface area contributed by atoms with Crippen LogP contribution in [0.5, 0.6) is 11.5 Å². The molecule has 1 saturated heterocycles. The minimum Gasteiger partial charge on any atom is -0.505 e. The third-order valence-corrected chi connectivity index (χ3v) is 10.5. The van der Waals surface area contributed by atoms with Gasteiger partial charge in [0.25, 0.3) is 0 Å². The maximum atomic E-state index is 11.4. The van der Waals surface area contributed by atoms with Gasteiger partial charge in [-0.25, -0.2) is 0 Å². The van der Waals surface area contributed by atoms with Gasteiger partial charge in [-0.1, -0.05) is 72.8 Å². The smallest absolute Gasteiger partial charge is 0.146 e. The molecule has 0 atom stereocenters. The van der Waals surface area contributed by atoms with Gasteiger partial charge in [0, 0.05) is 73.6 Å². The highest BCUT2D eigenvalue weighted by Crippen LogP contribution is 2.33. The van der Waals surface area contributed by atoms with E-state index >= 15 is 0 Å². The number of ether oxygens (including phenoxy) is 6. The van der Waals surface area contributed by atoms with E-state index in [1.54, 1.807) is 12.4 Å². The molecule has 316 valence electrons. The zero-order valence-corrected chi connectivity index (χ0v) is 34.3. The molecule has 1 aliphatic heterocycles. The molecule has 12 nitrogen and oxygen atoms in total. The summed E-state index contributed by atoms with van der Waals surface area (Å²) in [4.78, 5) is 13.5. The molecule has 0 bridgehead atoms. The highest BCUT2D eigenvalue weighted by Gasteiger charge is 2.18. The lowest BCUT2D eigenvalue weighted by molar-refractivity contribution is 0.00611. The minimum absolute atomic E-state index is 0.176. The summed E-state index contributed by atoms with van der Waals surface area (Å²) in [5, 5.41) is 24.5. The molecule has 1 fully saturated rings. The number of pyridine rings is 2. The molecule has 0 saturated carbocycles. The van der Waals surface area contributed by atoms with Crippen LogP contribution in [0, 0.1) is 0 Å². The Balaban J connectivity index is 0.937. The number of fused-ring (bicyclic) bond motifs is 2. The fourth-order valence-electron chi connectivity index (χ4n) is 7.35. The molecule has 0 unspecified atom stereocenters. The van der Waals surface area contributed by atoms with Gasteiger partial charge in [-0.2, -0.15) is 0 Å². The summed E-state index contributed by atoms with van der Waals surface area (Å²) in [6.07, 6.45) is 3.41. The molecule has 12 heteroatoms. The Hall–Kier alpha value is -5.02. The number of rotatable bonds is 12. The second-order valence-corrected chi connectivity index (χ2v) is 14.8. The Morgan fingerprint density at radius 3 is 1.22 bits per heavy atom. The van der Waals surface area contributed by atoms with E-state index in [2.05, 4.69) is 19.8 Å². The largest absolute Gasteiger partial charge is 0.505 e. The van der Waals surface area contributed by atoms with Gasteiger partial charge in [-0.3, -0.25) is 19.8 Å². The summed E-state index contributed by atoms with van der Waals surface area (Å²) in [5.74, 6) is 0.352. The highest BCUT2D eigenvalue weighted by atomic mass is 16.5. The van der Waals surface area contributed by atoms with Gasteiger partial charge >= 0.3 is 0 Å². The minimum atomic E-state index is 0.176. The summed E-state index contributed by atoms with van der Waals surface area (Å²) in [6.45, 7) is 9.05. The van der Waals surface area contributed by atoms with Crippen molar-refractivity contribution in [2.24, 2.45) is 0 Å². The van der Waals surface area contributed by atoms with Gasteiger partial charge in [0.2, 0.25) is 0 Å². The van der Waals surface area contributed by atoms with Gasteiger partial charge in [0.15, 0.2) is 0 Å². The first-order valence-corrected chi connectivity index (χ1v) is 20.8. The molecule has 1 aliphatic rings. The topological polar surface area (TPSA) is 128 Å². The predicted octanol–water partition coefficient (Wildman–Crippen LogP) is 7.01. The lowest BCUT2D eigenvalue weighted by atomic mass is 10.0. The van der Waals surface area contributed by atoms with Crippen LogP contribution in [-0.2, 0) is 67.9 Å². The SMILES string of the molecule is Oc1c(CN2CCOCCOCCN(Cc3cc(COCc4ccccc4)c4cccnc4c3O)CCOCCOCC2)cc(COCc2ccccc2)c2cccnc12. The summed E-state index contributed by atoms with van der Waals surface area (Å²) < 4.78 is 36.4. The van der Waals surface area contributed by atoms with Crippen molar-refractivity contribution in [2.75, 3.05) is 79.0 Å². The van der Waals surface area contributed by atoms with Crippen LogP contribution in [-0.4, -0.2) is 109 Å². The molecule has 6 aromatic rings. The van der Waals surface area contributed by atoms with Crippen molar-refractivity contribution in [1.29, 1.82) is 0 Å². The van der Waals surface area contributed by atoms with Crippen molar-refractivity contribution in [1.82, 2.24) is 19.8 Å². The van der Waals surface area contributed by atoms with E-state index in [1.165, 1.54) is 0 Å². The van der Waals surface area contributed by atoms with Crippen molar-refractivity contribution in [3.63, 3.8) is 0 Å². The van der Waals surface area contributed by atoms with Gasteiger partial charge in [0.05, 0.1) is 79.3 Å².